The molecular weight excluding hydrogens is 441 g/mol. The first kappa shape index (κ1) is 20.1. The Kier molecular flexibility index (Phi) is 4.80. The van der Waals surface area contributed by atoms with E-state index in [0.717, 1.165) is 20.8 Å². The number of halogens is 2. The lowest BCUT2D eigenvalue weighted by Crippen LogP contribution is -2.49. The summed E-state index contributed by atoms with van der Waals surface area (Å²) in [5, 5.41) is 1.92. The fourth-order valence-corrected chi connectivity index (χ4v) is 5.17. The lowest BCUT2D eigenvalue weighted by molar-refractivity contribution is 0.0997. The number of fused-ring (bicyclic) bond motifs is 2. The van der Waals surface area contributed by atoms with E-state index in [9.17, 15) is 9.18 Å². The van der Waals surface area contributed by atoms with Crippen molar-refractivity contribution < 1.29 is 9.18 Å². The van der Waals surface area contributed by atoms with E-state index >= 15 is 0 Å². The van der Waals surface area contributed by atoms with Crippen molar-refractivity contribution in [2.75, 3.05) is 18.0 Å². The van der Waals surface area contributed by atoms with Gasteiger partial charge in [0.25, 0.3) is 5.91 Å². The lowest BCUT2D eigenvalue weighted by atomic mass is 10.0. The number of thiazole rings is 1. The number of aromatic nitrogens is 4. The lowest BCUT2D eigenvalue weighted by Gasteiger charge is -2.32. The number of hydrogen-bond donors (Lipinski definition) is 3. The number of rotatable bonds is 3. The molecule has 1 aliphatic heterocycles. The highest BCUT2D eigenvalue weighted by molar-refractivity contribution is 7.19. The number of nitrogens with one attached hydrogen (secondary N) is 1. The first-order valence-electron chi connectivity index (χ1n) is 9.73. The van der Waals surface area contributed by atoms with Gasteiger partial charge < -0.3 is 21.4 Å². The Morgan fingerprint density at radius 1 is 1.32 bits per heavy atom. The third-order valence-electron chi connectivity index (χ3n) is 5.52. The molecule has 3 aromatic heterocycles. The van der Waals surface area contributed by atoms with Crippen molar-refractivity contribution in [3.8, 4) is 11.1 Å². The first-order chi connectivity index (χ1) is 14.8. The van der Waals surface area contributed by atoms with E-state index in [1.807, 2.05) is 19.1 Å². The molecule has 0 aliphatic carbocycles. The van der Waals surface area contributed by atoms with Gasteiger partial charge in [-0.05, 0) is 19.4 Å². The van der Waals surface area contributed by atoms with Crippen LogP contribution in [0.25, 0.3) is 32.4 Å². The van der Waals surface area contributed by atoms with Crippen molar-refractivity contribution in [3.63, 3.8) is 0 Å². The number of carbonyl (C=O) groups is 1. The van der Waals surface area contributed by atoms with Crippen LogP contribution in [0.2, 0.25) is 5.02 Å². The molecule has 1 fully saturated rings. The second-order valence-electron chi connectivity index (χ2n) is 7.59. The van der Waals surface area contributed by atoms with Crippen LogP contribution in [-0.2, 0) is 0 Å². The summed E-state index contributed by atoms with van der Waals surface area (Å²) >= 11 is 8.20. The first-order valence-corrected chi connectivity index (χ1v) is 10.9. The fraction of sp³-hybridized carbons (Fsp3) is 0.300. The number of aromatic amines is 1. The number of hydrogen-bond acceptors (Lipinski definition) is 7. The molecule has 160 valence electrons. The van der Waals surface area contributed by atoms with Gasteiger partial charge in [-0.2, -0.15) is 4.98 Å². The molecule has 5 rings (SSSR count). The Labute approximate surface area is 185 Å². The molecule has 1 aliphatic rings. The molecule has 2 atom stereocenters. The molecule has 4 heterocycles. The number of H-pyrrole nitrogens is 1. The topological polar surface area (TPSA) is 127 Å². The van der Waals surface area contributed by atoms with Gasteiger partial charge >= 0.3 is 0 Å². The van der Waals surface area contributed by atoms with Crippen molar-refractivity contribution in [1.29, 1.82) is 0 Å². The van der Waals surface area contributed by atoms with Gasteiger partial charge in [-0.15, -0.1) is 11.3 Å². The van der Waals surface area contributed by atoms with E-state index in [1.54, 1.807) is 11.1 Å². The predicted octanol–water partition coefficient (Wildman–Crippen LogP) is 3.17. The minimum atomic E-state index is -1.20. The van der Waals surface area contributed by atoms with Gasteiger partial charge in [-0.1, -0.05) is 17.7 Å². The predicted molar refractivity (Wildman–Crippen MR) is 120 cm³/mol. The molecule has 4 aromatic rings. The Hall–Kier alpha value is -2.82. The number of nitrogens with two attached hydrogens (primary N) is 2. The molecule has 11 heteroatoms. The van der Waals surface area contributed by atoms with E-state index in [-0.39, 0.29) is 18.2 Å². The summed E-state index contributed by atoms with van der Waals surface area (Å²) in [6.45, 7) is 2.47. The second-order valence-corrected chi connectivity index (χ2v) is 9.17. The van der Waals surface area contributed by atoms with E-state index in [2.05, 4.69) is 19.9 Å². The standard InChI is InChI=1S/C20H19ClFN7OS/c1-8-26-13-3-2-9(15(21)17(13)31-8)10-6-25-19-14(10)16(18(24)30)27-20(28-19)29-5-4-12(23)11(22)7-29/h2-3,6,11-12H,4-5,7,23H2,1H3,(H2,24,30)(H,25,27,28)/t11-,12-/m1/s1. The summed E-state index contributed by atoms with van der Waals surface area (Å²) in [6.07, 6.45) is 0.993. The third-order valence-corrected chi connectivity index (χ3v) is 7.03. The highest BCUT2D eigenvalue weighted by Gasteiger charge is 2.29. The average Bonchev–Trinajstić information content (AvgIpc) is 3.33. The van der Waals surface area contributed by atoms with Crippen LogP contribution in [0, 0.1) is 6.92 Å². The molecular formula is C20H19ClFN7OS. The van der Waals surface area contributed by atoms with Crippen LogP contribution in [0.3, 0.4) is 0 Å². The van der Waals surface area contributed by atoms with Crippen molar-refractivity contribution >= 4 is 56.0 Å². The summed E-state index contributed by atoms with van der Waals surface area (Å²) in [7, 11) is 0. The maximum Gasteiger partial charge on any atom is 0.268 e. The van der Waals surface area contributed by atoms with Gasteiger partial charge in [-0.3, -0.25) is 4.79 Å². The number of amides is 1. The van der Waals surface area contributed by atoms with Gasteiger partial charge in [0.15, 0.2) is 0 Å². The summed E-state index contributed by atoms with van der Waals surface area (Å²) in [5.74, 6) is -0.463. The van der Waals surface area contributed by atoms with Gasteiger partial charge in [0, 0.05) is 29.9 Å². The van der Waals surface area contributed by atoms with E-state index in [4.69, 9.17) is 23.1 Å². The van der Waals surface area contributed by atoms with Crippen LogP contribution in [0.15, 0.2) is 18.3 Å². The van der Waals surface area contributed by atoms with E-state index in [1.165, 1.54) is 11.3 Å². The van der Waals surface area contributed by atoms with Crippen LogP contribution in [0.1, 0.15) is 21.9 Å². The number of piperidine rings is 1. The zero-order chi connectivity index (χ0) is 21.9. The maximum absolute atomic E-state index is 14.1. The number of benzene rings is 1. The smallest absolute Gasteiger partial charge is 0.268 e. The Bertz CT molecular complexity index is 1340. The van der Waals surface area contributed by atoms with Crippen LogP contribution in [0.5, 0.6) is 0 Å². The molecule has 1 aromatic carbocycles. The number of anilines is 1. The van der Waals surface area contributed by atoms with Crippen LogP contribution >= 0.6 is 22.9 Å². The number of nitrogens with zero attached hydrogens (tertiary/aromatic N) is 4. The average molecular weight is 460 g/mol. The SMILES string of the molecule is Cc1nc2ccc(-c3c[nH]c4nc(N5CC[C@@H](N)[C@H](F)C5)nc(C(N)=O)c34)c(Cl)c2s1. The van der Waals surface area contributed by atoms with Gasteiger partial charge in [0.2, 0.25) is 5.95 Å². The van der Waals surface area contributed by atoms with Crippen molar-refractivity contribution in [1.82, 2.24) is 19.9 Å². The van der Waals surface area contributed by atoms with Crippen molar-refractivity contribution in [2.45, 2.75) is 25.6 Å². The minimum absolute atomic E-state index is 0.0539. The van der Waals surface area contributed by atoms with Crippen LogP contribution < -0.4 is 16.4 Å². The maximum atomic E-state index is 14.1. The molecule has 0 saturated carbocycles. The zero-order valence-corrected chi connectivity index (χ0v) is 18.1. The number of alkyl halides is 1. The molecule has 1 saturated heterocycles. The summed E-state index contributed by atoms with van der Waals surface area (Å²) in [5.41, 5.74) is 14.1. The summed E-state index contributed by atoms with van der Waals surface area (Å²) in [4.78, 5) is 30.5. The highest BCUT2D eigenvalue weighted by Crippen LogP contribution is 2.40. The molecule has 8 nitrogen and oxygen atoms in total. The molecule has 1 amide bonds. The molecule has 31 heavy (non-hydrogen) atoms. The van der Waals surface area contributed by atoms with Crippen LogP contribution in [-0.4, -0.2) is 51.1 Å². The molecule has 0 spiro atoms. The monoisotopic (exact) mass is 459 g/mol. The normalized spacial score (nSPS) is 19.4. The highest BCUT2D eigenvalue weighted by atomic mass is 35.5. The number of primary amides is 1. The summed E-state index contributed by atoms with van der Waals surface area (Å²) < 4.78 is 15.0. The fourth-order valence-electron chi connectivity index (χ4n) is 3.94. The molecule has 0 unspecified atom stereocenters. The molecule has 0 bridgehead atoms. The molecule has 0 radical (unpaired) electrons. The minimum Gasteiger partial charge on any atom is -0.364 e. The Balaban J connectivity index is 1.67. The zero-order valence-electron chi connectivity index (χ0n) is 16.5. The second kappa shape index (κ2) is 7.40. The number of aryl methyl sites for hydroxylation is 1. The van der Waals surface area contributed by atoms with E-state index < -0.39 is 18.1 Å². The van der Waals surface area contributed by atoms with E-state index in [0.29, 0.717) is 34.6 Å². The Morgan fingerprint density at radius 2 is 2.13 bits per heavy atom. The summed E-state index contributed by atoms with van der Waals surface area (Å²) in [6, 6.07) is 3.22. The number of carbonyl (C=O) groups excluding carboxylic acids is 1. The van der Waals surface area contributed by atoms with Crippen molar-refractivity contribution in [3.05, 3.63) is 34.1 Å². The third kappa shape index (κ3) is 3.31. The quantitative estimate of drug-likeness (QED) is 0.432. The molecule has 5 N–H and O–H groups in total. The van der Waals surface area contributed by atoms with Gasteiger partial charge in [0.05, 0.1) is 32.2 Å². The largest absolute Gasteiger partial charge is 0.364 e. The van der Waals surface area contributed by atoms with Crippen LogP contribution in [0.4, 0.5) is 10.3 Å². The van der Waals surface area contributed by atoms with Gasteiger partial charge in [-0.25, -0.2) is 14.4 Å². The van der Waals surface area contributed by atoms with Gasteiger partial charge in [0.1, 0.15) is 17.5 Å². The Morgan fingerprint density at radius 3 is 2.87 bits per heavy atom. The van der Waals surface area contributed by atoms with Crippen molar-refractivity contribution in [2.24, 2.45) is 11.5 Å².